The molecule has 0 atom stereocenters. The fourth-order valence-corrected chi connectivity index (χ4v) is 3.49. The van der Waals surface area contributed by atoms with Crippen molar-refractivity contribution in [3.05, 3.63) is 53.6 Å². The molecule has 6 nitrogen and oxygen atoms in total. The maximum absolute atomic E-state index is 12.6. The topological polar surface area (TPSA) is 65.1 Å². The summed E-state index contributed by atoms with van der Waals surface area (Å²) >= 11 is 0. The number of hydrogen-bond donors (Lipinski definition) is 0. The van der Waals surface area contributed by atoms with Crippen LogP contribution < -0.4 is 14.2 Å². The first-order valence-electron chi connectivity index (χ1n) is 9.23. The molecule has 28 heavy (non-hydrogen) atoms. The molecule has 148 valence electrons. The molecular weight excluding hydrogens is 358 g/mol. The summed E-state index contributed by atoms with van der Waals surface area (Å²) in [6.07, 6.45) is 1.25. The zero-order valence-corrected chi connectivity index (χ0v) is 16.4. The Morgan fingerprint density at radius 1 is 0.857 bits per heavy atom. The van der Waals surface area contributed by atoms with Crippen molar-refractivity contribution in [2.45, 2.75) is 25.2 Å². The van der Waals surface area contributed by atoms with E-state index in [1.807, 2.05) is 42.5 Å². The largest absolute Gasteiger partial charge is 0.497 e. The number of imide groups is 1. The Bertz CT molecular complexity index is 829. The van der Waals surface area contributed by atoms with E-state index >= 15 is 0 Å². The Morgan fingerprint density at radius 2 is 1.50 bits per heavy atom. The summed E-state index contributed by atoms with van der Waals surface area (Å²) < 4.78 is 15.7. The lowest BCUT2D eigenvalue weighted by Crippen LogP contribution is -2.43. The predicted molar refractivity (Wildman–Crippen MR) is 105 cm³/mol. The lowest BCUT2D eigenvalue weighted by atomic mass is 9.88. The van der Waals surface area contributed by atoms with Crippen LogP contribution in [0.2, 0.25) is 0 Å². The van der Waals surface area contributed by atoms with E-state index in [0.29, 0.717) is 37.3 Å². The summed E-state index contributed by atoms with van der Waals surface area (Å²) in [7, 11) is 4.78. The van der Waals surface area contributed by atoms with Crippen LogP contribution in [-0.4, -0.2) is 44.6 Å². The van der Waals surface area contributed by atoms with E-state index in [4.69, 9.17) is 14.2 Å². The molecular formula is C22H25NO5. The van der Waals surface area contributed by atoms with Gasteiger partial charge in [0.15, 0.2) is 11.5 Å². The predicted octanol–water partition coefficient (Wildman–Crippen LogP) is 3.19. The van der Waals surface area contributed by atoms with Crippen LogP contribution in [0.25, 0.3) is 0 Å². The van der Waals surface area contributed by atoms with Crippen LogP contribution in [0.3, 0.4) is 0 Å². The van der Waals surface area contributed by atoms with E-state index < -0.39 is 0 Å². The number of likely N-dealkylation sites (tertiary alicyclic amines) is 1. The molecule has 6 heteroatoms. The molecule has 0 bridgehead atoms. The van der Waals surface area contributed by atoms with Gasteiger partial charge in [0.1, 0.15) is 5.75 Å². The van der Waals surface area contributed by atoms with Crippen molar-refractivity contribution in [1.29, 1.82) is 0 Å². The average molecular weight is 383 g/mol. The number of methoxy groups -OCH3 is 3. The maximum atomic E-state index is 12.6. The summed E-state index contributed by atoms with van der Waals surface area (Å²) in [6, 6.07) is 13.2. The lowest BCUT2D eigenvalue weighted by Gasteiger charge is -2.30. The molecule has 1 aliphatic rings. The number of carbonyl (C=O) groups is 2. The summed E-state index contributed by atoms with van der Waals surface area (Å²) in [5, 5.41) is 0. The van der Waals surface area contributed by atoms with Crippen molar-refractivity contribution in [1.82, 2.24) is 4.90 Å². The van der Waals surface area contributed by atoms with Gasteiger partial charge in [0.05, 0.1) is 21.3 Å². The number of carbonyl (C=O) groups excluding carboxylic acids is 2. The molecule has 3 rings (SSSR count). The van der Waals surface area contributed by atoms with Gasteiger partial charge in [0.25, 0.3) is 0 Å². The third-order valence-corrected chi connectivity index (χ3v) is 5.10. The molecule has 0 spiro atoms. The van der Waals surface area contributed by atoms with Crippen LogP contribution >= 0.6 is 0 Å². The van der Waals surface area contributed by atoms with Gasteiger partial charge in [-0.25, -0.2) is 0 Å². The van der Waals surface area contributed by atoms with Crippen LogP contribution in [0, 0.1) is 0 Å². The first kappa shape index (κ1) is 19.7. The van der Waals surface area contributed by atoms with Gasteiger partial charge < -0.3 is 14.2 Å². The van der Waals surface area contributed by atoms with Crippen LogP contribution in [-0.2, 0) is 16.0 Å². The van der Waals surface area contributed by atoms with Gasteiger partial charge >= 0.3 is 0 Å². The number of rotatable bonds is 7. The Balaban J connectivity index is 1.63. The minimum Gasteiger partial charge on any atom is -0.497 e. The first-order chi connectivity index (χ1) is 13.5. The molecule has 2 aromatic rings. The van der Waals surface area contributed by atoms with Gasteiger partial charge in [0, 0.05) is 25.3 Å². The third-order valence-electron chi connectivity index (χ3n) is 5.10. The average Bonchev–Trinajstić information content (AvgIpc) is 2.72. The van der Waals surface area contributed by atoms with E-state index in [2.05, 4.69) is 0 Å². The van der Waals surface area contributed by atoms with Gasteiger partial charge in [-0.15, -0.1) is 0 Å². The van der Waals surface area contributed by atoms with Crippen molar-refractivity contribution in [3.8, 4) is 17.2 Å². The number of piperidine rings is 1. The minimum absolute atomic E-state index is 0.0803. The molecule has 1 saturated heterocycles. The number of nitrogens with zero attached hydrogens (tertiary/aromatic N) is 1. The molecule has 2 amide bonds. The van der Waals surface area contributed by atoms with Crippen molar-refractivity contribution in [3.63, 3.8) is 0 Å². The second-order valence-electron chi connectivity index (χ2n) is 6.76. The Hall–Kier alpha value is -3.02. The Labute approximate surface area is 165 Å². The second kappa shape index (κ2) is 8.78. The van der Waals surface area contributed by atoms with E-state index in [1.165, 1.54) is 4.90 Å². The summed E-state index contributed by atoms with van der Waals surface area (Å²) in [5.41, 5.74) is 1.97. The minimum atomic E-state index is -0.127. The number of amides is 2. The maximum Gasteiger partial charge on any atom is 0.229 e. The molecule has 1 fully saturated rings. The van der Waals surface area contributed by atoms with Crippen LogP contribution in [0.15, 0.2) is 42.5 Å². The monoisotopic (exact) mass is 383 g/mol. The van der Waals surface area contributed by atoms with Crippen molar-refractivity contribution in [2.75, 3.05) is 27.9 Å². The molecule has 0 aromatic heterocycles. The van der Waals surface area contributed by atoms with E-state index in [0.717, 1.165) is 16.9 Å². The SMILES string of the molecule is COc1ccc(C2CC(=O)N(CCc3ccc(OC)c(OC)c3)C(=O)C2)cc1. The molecule has 0 aliphatic carbocycles. The van der Waals surface area contributed by atoms with E-state index in [1.54, 1.807) is 21.3 Å². The summed E-state index contributed by atoms with van der Waals surface area (Å²) in [4.78, 5) is 26.6. The summed E-state index contributed by atoms with van der Waals surface area (Å²) in [6.45, 7) is 0.364. The van der Waals surface area contributed by atoms with Gasteiger partial charge in [-0.05, 0) is 41.8 Å². The highest BCUT2D eigenvalue weighted by Gasteiger charge is 2.33. The van der Waals surface area contributed by atoms with E-state index in [-0.39, 0.29) is 17.7 Å². The molecule has 0 radical (unpaired) electrons. The highest BCUT2D eigenvalue weighted by Crippen LogP contribution is 2.31. The third kappa shape index (κ3) is 4.27. The van der Waals surface area contributed by atoms with E-state index in [9.17, 15) is 9.59 Å². The highest BCUT2D eigenvalue weighted by atomic mass is 16.5. The summed E-state index contributed by atoms with van der Waals surface area (Å²) in [5.74, 6) is 1.71. The molecule has 1 aliphatic heterocycles. The Kier molecular flexibility index (Phi) is 6.19. The number of ether oxygens (including phenoxy) is 3. The van der Waals surface area contributed by atoms with Crippen LogP contribution in [0.5, 0.6) is 17.2 Å². The fourth-order valence-electron chi connectivity index (χ4n) is 3.49. The van der Waals surface area contributed by atoms with Crippen LogP contribution in [0.1, 0.15) is 29.9 Å². The number of hydrogen-bond acceptors (Lipinski definition) is 5. The standard InChI is InChI=1S/C22H25NO5/c1-26-18-7-5-16(6-8-18)17-13-21(24)23(22(25)14-17)11-10-15-4-9-19(27-2)20(12-15)28-3/h4-9,12,17H,10-11,13-14H2,1-3H3. The zero-order valence-electron chi connectivity index (χ0n) is 16.4. The molecule has 2 aromatic carbocycles. The van der Waals surface area contributed by atoms with Gasteiger partial charge in [-0.2, -0.15) is 0 Å². The first-order valence-corrected chi connectivity index (χ1v) is 9.23. The van der Waals surface area contributed by atoms with Crippen LogP contribution in [0.4, 0.5) is 0 Å². The number of benzene rings is 2. The second-order valence-corrected chi connectivity index (χ2v) is 6.76. The molecule has 0 saturated carbocycles. The van der Waals surface area contributed by atoms with Gasteiger partial charge in [-0.3, -0.25) is 14.5 Å². The quantitative estimate of drug-likeness (QED) is 0.687. The molecule has 0 N–H and O–H groups in total. The Morgan fingerprint density at radius 3 is 2.07 bits per heavy atom. The van der Waals surface area contributed by atoms with Gasteiger partial charge in [0.2, 0.25) is 11.8 Å². The lowest BCUT2D eigenvalue weighted by molar-refractivity contribution is -0.148. The van der Waals surface area contributed by atoms with Gasteiger partial charge in [-0.1, -0.05) is 18.2 Å². The molecule has 1 heterocycles. The van der Waals surface area contributed by atoms with Crippen molar-refractivity contribution in [2.24, 2.45) is 0 Å². The molecule has 0 unspecified atom stereocenters. The van der Waals surface area contributed by atoms with Crippen molar-refractivity contribution < 1.29 is 23.8 Å². The fraction of sp³-hybridized carbons (Fsp3) is 0.364. The smallest absolute Gasteiger partial charge is 0.229 e. The highest BCUT2D eigenvalue weighted by molar-refractivity contribution is 5.98. The normalized spacial score (nSPS) is 14.9. The zero-order chi connectivity index (χ0) is 20.1. The van der Waals surface area contributed by atoms with Crippen molar-refractivity contribution >= 4 is 11.8 Å².